The number of rotatable bonds is 8. The van der Waals surface area contributed by atoms with Crippen LogP contribution < -0.4 is 10.1 Å². The number of aryl methyl sites for hydroxylation is 2. The zero-order valence-electron chi connectivity index (χ0n) is 19.6. The van der Waals surface area contributed by atoms with Crippen molar-refractivity contribution in [3.63, 3.8) is 0 Å². The fraction of sp³-hybridized carbons (Fsp3) is 0.148. The molecule has 1 aromatic heterocycles. The molecule has 0 saturated carbocycles. The maximum atomic E-state index is 13.6. The zero-order chi connectivity index (χ0) is 25.7. The number of nitrogens with zero attached hydrogens (tertiary/aromatic N) is 3. The second-order valence-corrected chi connectivity index (χ2v) is 8.49. The highest BCUT2D eigenvalue weighted by molar-refractivity contribution is 6.30. The third-order valence-electron chi connectivity index (χ3n) is 5.55. The number of hydrogen-bond acceptors (Lipinski definition) is 6. The SMILES string of the molecule is Cc1nc(C)nc(OC(C(=O)O)C(NC(=O)c2ccc(Cl)cc2)(c2ccccc2)c2ccccc2)n1. The third kappa shape index (κ3) is 5.18. The van der Waals surface area contributed by atoms with Crippen molar-refractivity contribution in [2.24, 2.45) is 0 Å². The van der Waals surface area contributed by atoms with E-state index >= 15 is 0 Å². The minimum atomic E-state index is -1.67. The molecule has 0 aliphatic heterocycles. The van der Waals surface area contributed by atoms with Crippen molar-refractivity contribution >= 4 is 23.5 Å². The molecule has 36 heavy (non-hydrogen) atoms. The first-order chi connectivity index (χ1) is 17.3. The molecule has 1 amide bonds. The molecule has 182 valence electrons. The zero-order valence-corrected chi connectivity index (χ0v) is 20.3. The number of aromatic nitrogens is 3. The highest BCUT2D eigenvalue weighted by Crippen LogP contribution is 2.36. The van der Waals surface area contributed by atoms with Gasteiger partial charge in [-0.05, 0) is 49.2 Å². The number of aliphatic carboxylic acids is 1. The molecule has 0 bridgehead atoms. The molecule has 0 aliphatic rings. The Labute approximate surface area is 213 Å². The van der Waals surface area contributed by atoms with E-state index < -0.39 is 23.5 Å². The number of nitrogens with one attached hydrogen (secondary N) is 1. The Bertz CT molecular complexity index is 1310. The molecule has 0 aliphatic carbocycles. The molecule has 4 aromatic rings. The van der Waals surface area contributed by atoms with E-state index in [0.29, 0.717) is 33.4 Å². The topological polar surface area (TPSA) is 114 Å². The van der Waals surface area contributed by atoms with Crippen molar-refractivity contribution in [2.45, 2.75) is 25.5 Å². The molecule has 1 atom stereocenters. The monoisotopic (exact) mass is 502 g/mol. The summed E-state index contributed by atoms with van der Waals surface area (Å²) < 4.78 is 5.97. The number of carbonyl (C=O) groups excluding carboxylic acids is 1. The molecular formula is C27H23ClN4O4. The number of hydrogen-bond donors (Lipinski definition) is 2. The molecular weight excluding hydrogens is 480 g/mol. The van der Waals surface area contributed by atoms with Crippen molar-refractivity contribution < 1.29 is 19.4 Å². The summed E-state index contributed by atoms with van der Waals surface area (Å²) in [4.78, 5) is 38.9. The van der Waals surface area contributed by atoms with E-state index in [9.17, 15) is 14.7 Å². The quantitative estimate of drug-likeness (QED) is 0.368. The van der Waals surface area contributed by atoms with Crippen molar-refractivity contribution in [2.75, 3.05) is 0 Å². The van der Waals surface area contributed by atoms with Gasteiger partial charge in [0.25, 0.3) is 5.91 Å². The summed E-state index contributed by atoms with van der Waals surface area (Å²) in [6.45, 7) is 3.31. The standard InChI is InChI=1S/C27H23ClN4O4/c1-17-29-18(2)31-26(30-17)36-23(25(34)35)27(20-9-5-3-6-10-20,21-11-7-4-8-12-21)32-24(33)19-13-15-22(28)16-14-19/h3-16,23H,1-2H3,(H,32,33)(H,34,35). The highest BCUT2D eigenvalue weighted by atomic mass is 35.5. The fourth-order valence-corrected chi connectivity index (χ4v) is 4.13. The van der Waals surface area contributed by atoms with Crippen LogP contribution in [0, 0.1) is 13.8 Å². The van der Waals surface area contributed by atoms with Crippen molar-refractivity contribution in [1.29, 1.82) is 0 Å². The first-order valence-corrected chi connectivity index (χ1v) is 11.5. The van der Waals surface area contributed by atoms with Gasteiger partial charge in [-0.3, -0.25) is 4.79 Å². The number of amides is 1. The Morgan fingerprint density at radius 2 is 1.33 bits per heavy atom. The van der Waals surface area contributed by atoms with Crippen LogP contribution in [0.3, 0.4) is 0 Å². The Kier molecular flexibility index (Phi) is 7.26. The summed E-state index contributed by atoms with van der Waals surface area (Å²) in [6, 6.07) is 23.7. The van der Waals surface area contributed by atoms with Gasteiger partial charge in [-0.2, -0.15) is 9.97 Å². The Hall–Kier alpha value is -4.30. The van der Waals surface area contributed by atoms with Gasteiger partial charge in [0.1, 0.15) is 17.2 Å². The van der Waals surface area contributed by atoms with Gasteiger partial charge in [-0.25, -0.2) is 9.78 Å². The maximum absolute atomic E-state index is 13.6. The van der Waals surface area contributed by atoms with Gasteiger partial charge >= 0.3 is 12.0 Å². The molecule has 0 radical (unpaired) electrons. The molecule has 8 nitrogen and oxygen atoms in total. The summed E-state index contributed by atoms with van der Waals surface area (Å²) in [5, 5.41) is 13.9. The second-order valence-electron chi connectivity index (χ2n) is 8.05. The third-order valence-corrected chi connectivity index (χ3v) is 5.81. The van der Waals surface area contributed by atoms with Gasteiger partial charge in [0.15, 0.2) is 0 Å². The minimum absolute atomic E-state index is 0.163. The number of carbonyl (C=O) groups is 2. The van der Waals surface area contributed by atoms with E-state index in [4.69, 9.17) is 16.3 Å². The summed E-state index contributed by atoms with van der Waals surface area (Å²) >= 11 is 6.00. The number of halogens is 1. The predicted molar refractivity (Wildman–Crippen MR) is 134 cm³/mol. The van der Waals surface area contributed by atoms with Crippen LogP contribution in [0.15, 0.2) is 84.9 Å². The highest BCUT2D eigenvalue weighted by Gasteiger charge is 2.50. The number of benzene rings is 3. The van der Waals surface area contributed by atoms with E-state index in [2.05, 4.69) is 20.3 Å². The van der Waals surface area contributed by atoms with E-state index in [-0.39, 0.29) is 6.01 Å². The fourth-order valence-electron chi connectivity index (χ4n) is 4.00. The van der Waals surface area contributed by atoms with Gasteiger partial charge in [-0.1, -0.05) is 72.3 Å². The summed E-state index contributed by atoms with van der Waals surface area (Å²) in [6.07, 6.45) is -1.65. The lowest BCUT2D eigenvalue weighted by atomic mass is 9.77. The predicted octanol–water partition coefficient (Wildman–Crippen LogP) is 4.35. The van der Waals surface area contributed by atoms with Gasteiger partial charge in [0.05, 0.1) is 0 Å². The smallest absolute Gasteiger partial charge is 0.348 e. The Balaban J connectivity index is 1.94. The average molecular weight is 503 g/mol. The van der Waals surface area contributed by atoms with Gasteiger partial charge < -0.3 is 15.2 Å². The number of ether oxygens (including phenoxy) is 1. The lowest BCUT2D eigenvalue weighted by Crippen LogP contribution is -2.60. The van der Waals surface area contributed by atoms with Crippen LogP contribution in [0.1, 0.15) is 33.1 Å². The van der Waals surface area contributed by atoms with Crippen LogP contribution in [0.4, 0.5) is 0 Å². The van der Waals surface area contributed by atoms with Crippen molar-refractivity contribution in [3.8, 4) is 6.01 Å². The van der Waals surface area contributed by atoms with Crippen LogP contribution in [-0.2, 0) is 10.3 Å². The molecule has 1 unspecified atom stereocenters. The van der Waals surface area contributed by atoms with E-state index in [1.807, 2.05) is 0 Å². The van der Waals surface area contributed by atoms with Gasteiger partial charge in [0, 0.05) is 10.6 Å². The van der Waals surface area contributed by atoms with Crippen LogP contribution in [0.5, 0.6) is 6.01 Å². The first-order valence-electron chi connectivity index (χ1n) is 11.1. The van der Waals surface area contributed by atoms with Gasteiger partial charge in [0.2, 0.25) is 6.10 Å². The minimum Gasteiger partial charge on any atom is -0.478 e. The van der Waals surface area contributed by atoms with Crippen LogP contribution in [-0.4, -0.2) is 38.0 Å². The summed E-state index contributed by atoms with van der Waals surface area (Å²) in [5.41, 5.74) is -0.382. The van der Waals surface area contributed by atoms with E-state index in [1.165, 1.54) is 0 Å². The largest absolute Gasteiger partial charge is 0.478 e. The number of carboxylic acids is 1. The second kappa shape index (κ2) is 10.5. The number of carboxylic acid groups (broad SMARTS) is 1. The lowest BCUT2D eigenvalue weighted by Gasteiger charge is -2.39. The van der Waals surface area contributed by atoms with Gasteiger partial charge in [-0.15, -0.1) is 0 Å². The molecule has 3 aromatic carbocycles. The van der Waals surface area contributed by atoms with E-state index in [1.54, 1.807) is 98.8 Å². The van der Waals surface area contributed by atoms with Crippen molar-refractivity contribution in [3.05, 3.63) is 118 Å². The summed E-state index contributed by atoms with van der Waals surface area (Å²) in [5.74, 6) is -1.10. The Morgan fingerprint density at radius 1 is 0.833 bits per heavy atom. The van der Waals surface area contributed by atoms with Crippen molar-refractivity contribution in [1.82, 2.24) is 20.3 Å². The summed E-state index contributed by atoms with van der Waals surface area (Å²) in [7, 11) is 0. The van der Waals surface area contributed by atoms with E-state index in [0.717, 1.165) is 0 Å². The first kappa shape index (κ1) is 24.8. The normalized spacial score (nSPS) is 12.0. The molecule has 9 heteroatoms. The molecule has 0 fully saturated rings. The molecule has 2 N–H and O–H groups in total. The molecule has 4 rings (SSSR count). The van der Waals surface area contributed by atoms with Crippen LogP contribution in [0.2, 0.25) is 5.02 Å². The molecule has 1 heterocycles. The maximum Gasteiger partial charge on any atom is 0.348 e. The Morgan fingerprint density at radius 3 is 1.81 bits per heavy atom. The lowest BCUT2D eigenvalue weighted by molar-refractivity contribution is -0.148. The molecule has 0 spiro atoms. The molecule has 0 saturated heterocycles. The van der Waals surface area contributed by atoms with Crippen LogP contribution in [0.25, 0.3) is 0 Å². The average Bonchev–Trinajstić information content (AvgIpc) is 2.87. The van der Waals surface area contributed by atoms with Crippen LogP contribution >= 0.6 is 11.6 Å².